The summed E-state index contributed by atoms with van der Waals surface area (Å²) in [4.78, 5) is 15.4. The van der Waals surface area contributed by atoms with Gasteiger partial charge in [-0.15, -0.1) is 0 Å². The highest BCUT2D eigenvalue weighted by Gasteiger charge is 2.03. The molecule has 0 spiro atoms. The molecule has 0 atom stereocenters. The number of carbonyl (C=O) groups excluding carboxylic acids is 1. The summed E-state index contributed by atoms with van der Waals surface area (Å²) in [5, 5.41) is 3.44. The average Bonchev–Trinajstić information content (AvgIpc) is 2.67. The molecule has 0 fully saturated rings. The first kappa shape index (κ1) is 11.0. The first-order chi connectivity index (χ1) is 7.69. The normalized spacial score (nSPS) is 10.6. The molecule has 0 aromatic carbocycles. The number of fused-ring (bicyclic) bond motifs is 1. The molecular formula is C11H12ClN3O. The maximum absolute atomic E-state index is 11.1. The highest BCUT2D eigenvalue weighted by molar-refractivity contribution is 6.30. The lowest BCUT2D eigenvalue weighted by molar-refractivity contribution is -0.120. The molecule has 84 valence electrons. The predicted octanol–water partition coefficient (Wildman–Crippen LogP) is 2.01. The first-order valence-electron chi connectivity index (χ1n) is 5.09. The van der Waals surface area contributed by atoms with Crippen molar-refractivity contribution >= 4 is 23.2 Å². The number of carbonyl (C=O) groups is 1. The Hall–Kier alpha value is -1.55. The van der Waals surface area contributed by atoms with Crippen LogP contribution in [-0.4, -0.2) is 15.3 Å². The van der Waals surface area contributed by atoms with Crippen molar-refractivity contribution in [2.75, 3.05) is 0 Å². The van der Waals surface area contributed by atoms with E-state index in [9.17, 15) is 4.79 Å². The molecule has 0 radical (unpaired) electrons. The molecule has 4 nitrogen and oxygen atoms in total. The zero-order valence-corrected chi connectivity index (χ0v) is 9.66. The predicted molar refractivity (Wildman–Crippen MR) is 62.3 cm³/mol. The summed E-state index contributed by atoms with van der Waals surface area (Å²) in [7, 11) is 0. The molecule has 0 bridgehead atoms. The number of hydrogen-bond acceptors (Lipinski definition) is 2. The van der Waals surface area contributed by atoms with Crippen molar-refractivity contribution in [1.82, 2.24) is 14.7 Å². The van der Waals surface area contributed by atoms with Crippen LogP contribution in [0.25, 0.3) is 5.65 Å². The van der Waals surface area contributed by atoms with Crippen molar-refractivity contribution in [3.63, 3.8) is 0 Å². The Balaban J connectivity index is 2.16. The number of hydrogen-bond donors (Lipinski definition) is 1. The van der Waals surface area contributed by atoms with Gasteiger partial charge in [0.25, 0.3) is 0 Å². The van der Waals surface area contributed by atoms with E-state index in [2.05, 4.69) is 10.3 Å². The molecule has 2 rings (SSSR count). The molecule has 2 aromatic rings. The van der Waals surface area contributed by atoms with E-state index in [-0.39, 0.29) is 5.91 Å². The summed E-state index contributed by atoms with van der Waals surface area (Å²) in [5.74, 6) is 0.0232. The van der Waals surface area contributed by atoms with Crippen molar-refractivity contribution in [3.8, 4) is 0 Å². The Labute approximate surface area is 98.2 Å². The molecule has 2 heterocycles. The molecule has 0 saturated carbocycles. The SMILES string of the molecule is CCC(=O)NCc1cn2cc(Cl)ccc2n1. The fraction of sp³-hybridized carbons (Fsp3) is 0.273. The van der Waals surface area contributed by atoms with Gasteiger partial charge in [-0.2, -0.15) is 0 Å². The fourth-order valence-corrected chi connectivity index (χ4v) is 1.58. The Morgan fingerprint density at radius 3 is 3.06 bits per heavy atom. The highest BCUT2D eigenvalue weighted by atomic mass is 35.5. The third kappa shape index (κ3) is 2.33. The van der Waals surface area contributed by atoms with E-state index >= 15 is 0 Å². The van der Waals surface area contributed by atoms with Gasteiger partial charge in [-0.1, -0.05) is 18.5 Å². The van der Waals surface area contributed by atoms with E-state index < -0.39 is 0 Å². The summed E-state index contributed by atoms with van der Waals surface area (Å²) in [6, 6.07) is 3.63. The lowest BCUT2D eigenvalue weighted by Crippen LogP contribution is -2.21. The van der Waals surface area contributed by atoms with E-state index in [1.165, 1.54) is 0 Å². The lowest BCUT2D eigenvalue weighted by Gasteiger charge is -1.98. The second-order valence-corrected chi connectivity index (χ2v) is 3.91. The maximum Gasteiger partial charge on any atom is 0.220 e. The molecular weight excluding hydrogens is 226 g/mol. The van der Waals surface area contributed by atoms with Gasteiger partial charge >= 0.3 is 0 Å². The molecule has 1 N–H and O–H groups in total. The van der Waals surface area contributed by atoms with Crippen molar-refractivity contribution in [3.05, 3.63) is 35.2 Å². The van der Waals surface area contributed by atoms with E-state index in [0.29, 0.717) is 18.0 Å². The smallest absolute Gasteiger partial charge is 0.220 e. The number of pyridine rings is 1. The molecule has 0 aliphatic carbocycles. The van der Waals surface area contributed by atoms with Crippen LogP contribution in [0.3, 0.4) is 0 Å². The Morgan fingerprint density at radius 2 is 2.31 bits per heavy atom. The molecule has 0 aliphatic rings. The minimum absolute atomic E-state index is 0.0232. The van der Waals surface area contributed by atoms with Gasteiger partial charge in [-0.25, -0.2) is 4.98 Å². The number of rotatable bonds is 3. The lowest BCUT2D eigenvalue weighted by atomic mass is 10.4. The van der Waals surface area contributed by atoms with E-state index in [0.717, 1.165) is 11.3 Å². The Morgan fingerprint density at radius 1 is 1.50 bits per heavy atom. The number of nitrogens with one attached hydrogen (secondary N) is 1. The fourth-order valence-electron chi connectivity index (χ4n) is 1.42. The topological polar surface area (TPSA) is 46.4 Å². The zero-order valence-electron chi connectivity index (χ0n) is 8.90. The van der Waals surface area contributed by atoms with Crippen LogP contribution < -0.4 is 5.32 Å². The Kier molecular flexibility index (Phi) is 3.10. The summed E-state index contributed by atoms with van der Waals surface area (Å²) in [6.45, 7) is 2.27. The highest BCUT2D eigenvalue weighted by Crippen LogP contribution is 2.11. The van der Waals surface area contributed by atoms with Crippen LogP contribution in [0.2, 0.25) is 5.02 Å². The van der Waals surface area contributed by atoms with E-state index in [1.807, 2.05) is 23.6 Å². The van der Waals surface area contributed by atoms with Crippen LogP contribution in [0.4, 0.5) is 0 Å². The van der Waals surface area contributed by atoms with Gasteiger partial charge in [-0.3, -0.25) is 4.79 Å². The molecule has 0 saturated heterocycles. The molecule has 0 unspecified atom stereocenters. The van der Waals surface area contributed by atoms with Crippen molar-refractivity contribution in [1.29, 1.82) is 0 Å². The molecule has 1 amide bonds. The molecule has 2 aromatic heterocycles. The number of amides is 1. The molecule has 0 aliphatic heterocycles. The second-order valence-electron chi connectivity index (χ2n) is 3.48. The van der Waals surface area contributed by atoms with Gasteiger partial charge < -0.3 is 9.72 Å². The minimum Gasteiger partial charge on any atom is -0.350 e. The molecule has 16 heavy (non-hydrogen) atoms. The monoisotopic (exact) mass is 237 g/mol. The van der Waals surface area contributed by atoms with E-state index in [1.54, 1.807) is 12.3 Å². The third-order valence-electron chi connectivity index (χ3n) is 2.25. The van der Waals surface area contributed by atoms with Gasteiger partial charge in [0.15, 0.2) is 0 Å². The van der Waals surface area contributed by atoms with Crippen molar-refractivity contribution in [2.24, 2.45) is 0 Å². The standard InChI is InChI=1S/C11H12ClN3O/c1-2-11(16)13-5-9-7-15-6-8(12)3-4-10(15)14-9/h3-4,6-7H,2,5H2,1H3,(H,13,16). The van der Waals surface area contributed by atoms with Crippen LogP contribution in [0, 0.1) is 0 Å². The Bertz CT molecular complexity index is 521. The number of halogens is 1. The van der Waals surface area contributed by atoms with Gasteiger partial charge in [0.1, 0.15) is 5.65 Å². The summed E-state index contributed by atoms with van der Waals surface area (Å²) >= 11 is 5.86. The largest absolute Gasteiger partial charge is 0.350 e. The zero-order chi connectivity index (χ0) is 11.5. The van der Waals surface area contributed by atoms with Crippen LogP contribution in [0.15, 0.2) is 24.5 Å². The summed E-state index contributed by atoms with van der Waals surface area (Å²) in [6.07, 6.45) is 4.13. The van der Waals surface area contributed by atoms with E-state index in [4.69, 9.17) is 11.6 Å². The van der Waals surface area contributed by atoms with Crippen LogP contribution in [-0.2, 0) is 11.3 Å². The van der Waals surface area contributed by atoms with Gasteiger partial charge in [0.05, 0.1) is 17.3 Å². The number of aromatic nitrogens is 2. The quantitative estimate of drug-likeness (QED) is 0.888. The van der Waals surface area contributed by atoms with Crippen molar-refractivity contribution in [2.45, 2.75) is 19.9 Å². The van der Waals surface area contributed by atoms with Crippen LogP contribution in [0.5, 0.6) is 0 Å². The number of nitrogens with zero attached hydrogens (tertiary/aromatic N) is 2. The average molecular weight is 238 g/mol. The molecule has 5 heteroatoms. The third-order valence-corrected chi connectivity index (χ3v) is 2.48. The van der Waals surface area contributed by atoms with Crippen LogP contribution >= 0.6 is 11.6 Å². The maximum atomic E-state index is 11.1. The number of imidazole rings is 1. The van der Waals surface area contributed by atoms with Gasteiger partial charge in [0.2, 0.25) is 5.91 Å². The summed E-state index contributed by atoms with van der Waals surface area (Å²) < 4.78 is 1.84. The summed E-state index contributed by atoms with van der Waals surface area (Å²) in [5.41, 5.74) is 1.65. The van der Waals surface area contributed by atoms with Crippen molar-refractivity contribution < 1.29 is 4.79 Å². The minimum atomic E-state index is 0.0232. The van der Waals surface area contributed by atoms with Gasteiger partial charge in [0, 0.05) is 18.8 Å². The van der Waals surface area contributed by atoms with Gasteiger partial charge in [-0.05, 0) is 12.1 Å². The first-order valence-corrected chi connectivity index (χ1v) is 5.46. The van der Waals surface area contributed by atoms with Crippen LogP contribution in [0.1, 0.15) is 19.0 Å². The second kappa shape index (κ2) is 4.53.